The first kappa shape index (κ1) is 21.0. The number of carbonyl (C=O) groups excluding carboxylic acids is 1. The van der Waals surface area contributed by atoms with Gasteiger partial charge in [0.2, 0.25) is 0 Å². The van der Waals surface area contributed by atoms with Crippen LogP contribution in [0.15, 0.2) is 39.8 Å². The van der Waals surface area contributed by atoms with Gasteiger partial charge >= 0.3 is 179 Å². The van der Waals surface area contributed by atoms with E-state index in [1.54, 1.807) is 14.0 Å². The summed E-state index contributed by atoms with van der Waals surface area (Å²) in [7, 11) is 1.65. The summed E-state index contributed by atoms with van der Waals surface area (Å²) in [6.45, 7) is 1.93. The Morgan fingerprint density at radius 3 is 2.79 bits per heavy atom. The van der Waals surface area contributed by atoms with Crippen LogP contribution in [0.5, 0.6) is 5.75 Å². The molecule has 1 heterocycles. The second-order valence-corrected chi connectivity index (χ2v) is 11.8. The summed E-state index contributed by atoms with van der Waals surface area (Å²) in [5.74, 6) is -0.0264. The predicted molar refractivity (Wildman–Crippen MR) is 120 cm³/mol. The molecule has 0 amide bonds. The molecule has 0 aromatic heterocycles. The number of nitrogens with one attached hydrogen (secondary N) is 1. The Morgan fingerprint density at radius 1 is 1.36 bits per heavy atom. The quantitative estimate of drug-likeness (QED) is 0.242. The molecule has 0 spiro atoms. The van der Waals surface area contributed by atoms with Crippen molar-refractivity contribution in [3.63, 3.8) is 0 Å². The fraction of sp³-hybridized carbons (Fsp3) is 0.300. The van der Waals surface area contributed by atoms with Crippen molar-refractivity contribution in [2.45, 2.75) is 11.4 Å². The molecule has 0 atom stereocenters. The molecule has 0 fully saturated rings. The maximum atomic E-state index is 14.5. The number of rotatable bonds is 7. The summed E-state index contributed by atoms with van der Waals surface area (Å²) in [4.78, 5) is 16.3. The topological polar surface area (TPSA) is 59.9 Å². The normalized spacial score (nSPS) is 13.8. The fourth-order valence-corrected chi connectivity index (χ4v) is 8.27. The van der Waals surface area contributed by atoms with Crippen molar-refractivity contribution < 1.29 is 18.7 Å². The van der Waals surface area contributed by atoms with Gasteiger partial charge in [0.1, 0.15) is 0 Å². The van der Waals surface area contributed by atoms with Crippen LogP contribution >= 0.6 is 35.7 Å². The number of carbonyl (C=O) groups is 1. The monoisotopic (exact) mass is 562 g/mol. The van der Waals surface area contributed by atoms with Gasteiger partial charge in [-0.1, -0.05) is 0 Å². The van der Waals surface area contributed by atoms with E-state index in [4.69, 9.17) is 9.47 Å². The number of hydrogen-bond donors (Lipinski definition) is 1. The predicted octanol–water partition coefficient (Wildman–Crippen LogP) is 3.61. The first-order valence-corrected chi connectivity index (χ1v) is 13.8. The molecule has 150 valence electrons. The number of anilines is 1. The third-order valence-corrected chi connectivity index (χ3v) is 9.31. The van der Waals surface area contributed by atoms with Gasteiger partial charge in [-0.2, -0.15) is 0 Å². The maximum absolute atomic E-state index is 14.5. The number of esters is 1. The summed E-state index contributed by atoms with van der Waals surface area (Å²) >= 11 is 1.93. The van der Waals surface area contributed by atoms with Crippen LogP contribution in [0.4, 0.5) is 10.1 Å². The molecule has 0 saturated carbocycles. The number of benzene rings is 2. The molecule has 2 aromatic rings. The van der Waals surface area contributed by atoms with E-state index >= 15 is 0 Å². The van der Waals surface area contributed by atoms with E-state index in [1.165, 1.54) is 11.6 Å². The molecular weight excluding hydrogens is 542 g/mol. The second-order valence-electron chi connectivity index (χ2n) is 6.00. The fourth-order valence-electron chi connectivity index (χ4n) is 2.75. The minimum absolute atomic E-state index is 0.0947. The molecule has 1 aliphatic rings. The summed E-state index contributed by atoms with van der Waals surface area (Å²) in [5, 5.41) is 4.32. The van der Waals surface area contributed by atoms with Crippen molar-refractivity contribution in [2.75, 3.05) is 30.1 Å². The summed E-state index contributed by atoms with van der Waals surface area (Å²) in [5.41, 5.74) is 1.50. The number of fused-ring (bicyclic) bond motifs is 1. The van der Waals surface area contributed by atoms with Crippen molar-refractivity contribution in [3.05, 3.63) is 56.8 Å². The van der Waals surface area contributed by atoms with Gasteiger partial charge < -0.3 is 0 Å². The zero-order chi connectivity index (χ0) is 20.1. The van der Waals surface area contributed by atoms with E-state index in [2.05, 4.69) is 42.5 Å². The zero-order valence-electron chi connectivity index (χ0n) is 15.6. The summed E-state index contributed by atoms with van der Waals surface area (Å²) in [6, 6.07) is 9.50. The van der Waals surface area contributed by atoms with Crippen molar-refractivity contribution in [1.82, 2.24) is 0 Å². The summed E-state index contributed by atoms with van der Waals surface area (Å²) in [6.07, 6.45) is 0. The first-order valence-electron chi connectivity index (χ1n) is 8.68. The van der Waals surface area contributed by atoms with Gasteiger partial charge in [0.05, 0.1) is 0 Å². The number of nitrogens with zero attached hydrogens (tertiary/aromatic N) is 1. The zero-order valence-corrected chi connectivity index (χ0v) is 19.3. The van der Waals surface area contributed by atoms with Gasteiger partial charge in [0.25, 0.3) is 0 Å². The van der Waals surface area contributed by atoms with Crippen molar-refractivity contribution in [3.8, 4) is 5.75 Å². The van der Waals surface area contributed by atoms with Crippen LogP contribution in [0.25, 0.3) is 4.08 Å². The molecular formula is C20H21BrFIN2O3. The number of halogens is 3. The molecule has 0 saturated heterocycles. The van der Waals surface area contributed by atoms with E-state index in [0.717, 1.165) is 15.4 Å². The SMILES string of the molecule is CCOC(=O)CNc1c(F)cc(Br)c2c1=NCI(Cc1ccc(OC)cc1)C=2. The number of ether oxygens (including phenoxy) is 2. The molecule has 1 aliphatic heterocycles. The Morgan fingerprint density at radius 2 is 2.11 bits per heavy atom. The average Bonchev–Trinajstić information content (AvgIpc) is 2.69. The van der Waals surface area contributed by atoms with Crippen molar-refractivity contribution >= 4 is 51.5 Å². The Kier molecular flexibility index (Phi) is 7.28. The minimum atomic E-state index is -1.53. The van der Waals surface area contributed by atoms with Gasteiger partial charge in [0, 0.05) is 0 Å². The molecule has 0 bridgehead atoms. The van der Waals surface area contributed by atoms with Crippen molar-refractivity contribution in [1.29, 1.82) is 0 Å². The molecule has 0 radical (unpaired) electrons. The molecule has 5 nitrogen and oxygen atoms in total. The van der Waals surface area contributed by atoms with Crippen LogP contribution in [0.2, 0.25) is 0 Å². The van der Waals surface area contributed by atoms with E-state index in [1.807, 2.05) is 12.1 Å². The molecule has 1 N–H and O–H groups in total. The van der Waals surface area contributed by atoms with Gasteiger partial charge in [-0.25, -0.2) is 0 Å². The third-order valence-electron chi connectivity index (χ3n) is 4.08. The Labute approximate surface area is 178 Å². The van der Waals surface area contributed by atoms with Crippen molar-refractivity contribution in [2.24, 2.45) is 4.99 Å². The van der Waals surface area contributed by atoms with E-state index in [-0.39, 0.29) is 12.2 Å². The van der Waals surface area contributed by atoms with Gasteiger partial charge in [-0.15, -0.1) is 0 Å². The molecule has 0 unspecified atom stereocenters. The number of hydrogen-bond acceptors (Lipinski definition) is 5. The second kappa shape index (κ2) is 9.69. The van der Waals surface area contributed by atoms with E-state index < -0.39 is 31.6 Å². The van der Waals surface area contributed by atoms with Crippen LogP contribution in [-0.4, -0.2) is 30.8 Å². The van der Waals surface area contributed by atoms with Crippen LogP contribution in [-0.2, 0) is 14.0 Å². The number of alkyl halides is 2. The summed E-state index contributed by atoms with van der Waals surface area (Å²) < 4.78 is 29.2. The molecule has 2 aromatic carbocycles. The third kappa shape index (κ3) is 5.02. The molecule has 0 aliphatic carbocycles. The molecule has 28 heavy (non-hydrogen) atoms. The van der Waals surface area contributed by atoms with Crippen LogP contribution in [0, 0.1) is 5.82 Å². The van der Waals surface area contributed by atoms with Crippen LogP contribution in [0.3, 0.4) is 0 Å². The Hall–Kier alpha value is -1.68. The average molecular weight is 563 g/mol. The van der Waals surface area contributed by atoms with E-state index in [9.17, 15) is 9.18 Å². The van der Waals surface area contributed by atoms with Crippen LogP contribution in [0.1, 0.15) is 12.5 Å². The van der Waals surface area contributed by atoms with Gasteiger partial charge in [-0.05, 0) is 0 Å². The molecule has 8 heteroatoms. The van der Waals surface area contributed by atoms with Gasteiger partial charge in [-0.3, -0.25) is 0 Å². The number of methoxy groups -OCH3 is 1. The van der Waals surface area contributed by atoms with Crippen LogP contribution < -0.4 is 20.6 Å². The first-order chi connectivity index (χ1) is 13.5. The van der Waals surface area contributed by atoms with E-state index in [0.29, 0.717) is 21.0 Å². The standard InChI is InChI=1S/C20H21BrFIN2O3/c1-3-28-18(26)11-24-20-17(22)8-16(21)15-10-23(12-25-19(15)20)9-13-4-6-14(27-2)7-5-13/h4-8,10,24H,3,9,11-12H2,1-2H3. The van der Waals surface area contributed by atoms with Gasteiger partial charge in [0.15, 0.2) is 0 Å². The molecule has 3 rings (SSSR count). The Balaban J connectivity index is 1.85. The Bertz CT molecular complexity index is 982.